The third kappa shape index (κ3) is 2.24. The largest absolute Gasteiger partial charge is 0.346 e. The first-order valence-corrected chi connectivity index (χ1v) is 7.97. The lowest BCUT2D eigenvalue weighted by molar-refractivity contribution is 0.0916. The van der Waals surface area contributed by atoms with E-state index in [9.17, 15) is 4.79 Å². The van der Waals surface area contributed by atoms with Crippen molar-refractivity contribution >= 4 is 5.91 Å². The van der Waals surface area contributed by atoms with E-state index in [1.807, 2.05) is 41.9 Å². The fourth-order valence-electron chi connectivity index (χ4n) is 3.83. The fraction of sp³-hybridized carbons (Fsp3) is 0.389. The molecule has 4 rings (SSSR count). The molecule has 0 saturated carbocycles. The van der Waals surface area contributed by atoms with Gasteiger partial charge in [-0.3, -0.25) is 4.79 Å². The summed E-state index contributed by atoms with van der Waals surface area (Å²) >= 11 is 0. The summed E-state index contributed by atoms with van der Waals surface area (Å²) in [6.07, 6.45) is 1.22. The number of amides is 1. The lowest BCUT2D eigenvalue weighted by atomic mass is 10.00. The van der Waals surface area contributed by atoms with Gasteiger partial charge in [0.25, 0.3) is 5.91 Å². The van der Waals surface area contributed by atoms with Gasteiger partial charge in [-0.2, -0.15) is 0 Å². The average Bonchev–Trinajstić information content (AvgIpc) is 3.23. The highest BCUT2D eigenvalue weighted by atomic mass is 16.2. The zero-order chi connectivity index (χ0) is 15.1. The van der Waals surface area contributed by atoms with Crippen LogP contribution in [-0.4, -0.2) is 41.1 Å². The van der Waals surface area contributed by atoms with Crippen molar-refractivity contribution < 1.29 is 4.79 Å². The highest BCUT2D eigenvalue weighted by Crippen LogP contribution is 2.28. The summed E-state index contributed by atoms with van der Waals surface area (Å²) in [5.41, 5.74) is 2.94. The first kappa shape index (κ1) is 13.6. The standard InChI is InChI=1S/C18H21N3O/c1-20-16(13-5-3-2-4-6-13)7-8-17(20)18(22)19-15-12-21-10-9-14(15)11-21/h2-8,14-15H,9-12H2,1H3,(H,19,22)/t14-,15-/m0/s1. The first-order valence-electron chi connectivity index (χ1n) is 7.97. The molecule has 1 aromatic carbocycles. The van der Waals surface area contributed by atoms with Crippen molar-refractivity contribution in [2.45, 2.75) is 12.5 Å². The van der Waals surface area contributed by atoms with Gasteiger partial charge in [-0.15, -0.1) is 0 Å². The maximum Gasteiger partial charge on any atom is 0.268 e. The number of hydrogen-bond donors (Lipinski definition) is 1. The van der Waals surface area contributed by atoms with E-state index in [1.54, 1.807) is 0 Å². The van der Waals surface area contributed by atoms with Gasteiger partial charge in [-0.05, 0) is 36.6 Å². The van der Waals surface area contributed by atoms with E-state index in [0.717, 1.165) is 30.0 Å². The molecular formula is C18H21N3O. The molecule has 2 bridgehead atoms. The number of nitrogens with one attached hydrogen (secondary N) is 1. The van der Waals surface area contributed by atoms with E-state index < -0.39 is 0 Å². The van der Waals surface area contributed by atoms with Crippen molar-refractivity contribution in [3.05, 3.63) is 48.2 Å². The normalized spacial score (nSPS) is 26.3. The monoisotopic (exact) mass is 295 g/mol. The van der Waals surface area contributed by atoms with Gasteiger partial charge in [0.05, 0.1) is 0 Å². The third-order valence-corrected chi connectivity index (χ3v) is 5.07. The minimum absolute atomic E-state index is 0.0448. The van der Waals surface area contributed by atoms with Crippen LogP contribution in [0, 0.1) is 5.92 Å². The Labute approximate surface area is 130 Å². The van der Waals surface area contributed by atoms with Gasteiger partial charge in [0.1, 0.15) is 5.69 Å². The Balaban J connectivity index is 1.53. The molecule has 2 aliphatic heterocycles. The van der Waals surface area contributed by atoms with Crippen LogP contribution in [0.4, 0.5) is 0 Å². The molecule has 1 N–H and O–H groups in total. The Kier molecular flexibility index (Phi) is 3.26. The van der Waals surface area contributed by atoms with Gasteiger partial charge < -0.3 is 14.8 Å². The van der Waals surface area contributed by atoms with Crippen molar-refractivity contribution in [2.24, 2.45) is 13.0 Å². The van der Waals surface area contributed by atoms with E-state index in [4.69, 9.17) is 0 Å². The smallest absolute Gasteiger partial charge is 0.268 e. The number of nitrogens with zero attached hydrogens (tertiary/aromatic N) is 2. The molecule has 0 aliphatic carbocycles. The van der Waals surface area contributed by atoms with Gasteiger partial charge in [-0.1, -0.05) is 30.3 Å². The van der Waals surface area contributed by atoms with Crippen LogP contribution in [0.5, 0.6) is 0 Å². The number of benzene rings is 1. The van der Waals surface area contributed by atoms with Crippen LogP contribution in [0.2, 0.25) is 0 Å². The maximum atomic E-state index is 12.6. The molecular weight excluding hydrogens is 274 g/mol. The summed E-state index contributed by atoms with van der Waals surface area (Å²) in [5, 5.41) is 3.23. The second-order valence-electron chi connectivity index (χ2n) is 6.42. The van der Waals surface area contributed by atoms with Crippen LogP contribution in [0.3, 0.4) is 0 Å². The predicted molar refractivity (Wildman–Crippen MR) is 86.7 cm³/mol. The Bertz CT molecular complexity index is 692. The maximum absolute atomic E-state index is 12.6. The van der Waals surface area contributed by atoms with E-state index in [2.05, 4.69) is 22.3 Å². The highest BCUT2D eigenvalue weighted by molar-refractivity contribution is 5.94. The average molecular weight is 295 g/mol. The number of carbonyl (C=O) groups excluding carboxylic acids is 1. The first-order chi connectivity index (χ1) is 10.7. The summed E-state index contributed by atoms with van der Waals surface area (Å²) in [6.45, 7) is 3.35. The van der Waals surface area contributed by atoms with Crippen LogP contribution < -0.4 is 5.32 Å². The van der Waals surface area contributed by atoms with Gasteiger partial charge in [0.2, 0.25) is 0 Å². The lowest BCUT2D eigenvalue weighted by Crippen LogP contribution is -2.43. The van der Waals surface area contributed by atoms with Crippen LogP contribution in [-0.2, 0) is 7.05 Å². The van der Waals surface area contributed by atoms with Crippen LogP contribution in [0.25, 0.3) is 11.3 Å². The molecule has 1 unspecified atom stereocenters. The van der Waals surface area contributed by atoms with Crippen molar-refractivity contribution in [3.8, 4) is 11.3 Å². The molecule has 3 heterocycles. The number of fused-ring (bicyclic) bond motifs is 2. The molecule has 2 aromatic rings. The highest BCUT2D eigenvalue weighted by Gasteiger charge is 2.38. The Morgan fingerprint density at radius 3 is 2.64 bits per heavy atom. The van der Waals surface area contributed by atoms with Gasteiger partial charge in [-0.25, -0.2) is 0 Å². The Morgan fingerprint density at radius 1 is 1.14 bits per heavy atom. The fourth-order valence-corrected chi connectivity index (χ4v) is 3.83. The summed E-state index contributed by atoms with van der Waals surface area (Å²) < 4.78 is 1.98. The number of aromatic nitrogens is 1. The second-order valence-corrected chi connectivity index (χ2v) is 6.42. The SMILES string of the molecule is Cn1c(C(=O)N[C@H]2CN3CC[C@H]2C3)ccc1-c1ccccc1. The molecule has 0 spiro atoms. The number of hydrogen-bond acceptors (Lipinski definition) is 2. The Hall–Kier alpha value is -2.07. The lowest BCUT2D eigenvalue weighted by Gasteiger charge is -2.23. The van der Waals surface area contributed by atoms with Crippen LogP contribution >= 0.6 is 0 Å². The van der Waals surface area contributed by atoms with Crippen LogP contribution in [0.1, 0.15) is 16.9 Å². The van der Waals surface area contributed by atoms with Gasteiger partial charge >= 0.3 is 0 Å². The number of carbonyl (C=O) groups is 1. The topological polar surface area (TPSA) is 37.3 Å². The van der Waals surface area contributed by atoms with Crippen molar-refractivity contribution in [3.63, 3.8) is 0 Å². The molecule has 2 saturated heterocycles. The van der Waals surface area contributed by atoms with E-state index in [-0.39, 0.29) is 5.91 Å². The predicted octanol–water partition coefficient (Wildman–Crippen LogP) is 2.13. The quantitative estimate of drug-likeness (QED) is 0.942. The molecule has 114 valence electrons. The third-order valence-electron chi connectivity index (χ3n) is 5.07. The Morgan fingerprint density at radius 2 is 1.95 bits per heavy atom. The van der Waals surface area contributed by atoms with Crippen molar-refractivity contribution in [1.29, 1.82) is 0 Å². The summed E-state index contributed by atoms with van der Waals surface area (Å²) in [5.74, 6) is 0.682. The molecule has 0 radical (unpaired) electrons. The van der Waals surface area contributed by atoms with Crippen molar-refractivity contribution in [1.82, 2.24) is 14.8 Å². The minimum Gasteiger partial charge on any atom is -0.346 e. The summed E-state index contributed by atoms with van der Waals surface area (Å²) in [4.78, 5) is 15.0. The van der Waals surface area contributed by atoms with Crippen molar-refractivity contribution in [2.75, 3.05) is 19.6 Å². The van der Waals surface area contributed by atoms with E-state index in [1.165, 1.54) is 13.0 Å². The van der Waals surface area contributed by atoms with Gasteiger partial charge in [0.15, 0.2) is 0 Å². The summed E-state index contributed by atoms with van der Waals surface area (Å²) in [6, 6.07) is 14.4. The molecule has 2 aliphatic rings. The minimum atomic E-state index is 0.0448. The van der Waals surface area contributed by atoms with Gasteiger partial charge in [0, 0.05) is 31.9 Å². The molecule has 1 aromatic heterocycles. The molecule has 4 heteroatoms. The molecule has 3 atom stereocenters. The molecule has 4 nitrogen and oxygen atoms in total. The zero-order valence-electron chi connectivity index (χ0n) is 12.8. The molecule has 22 heavy (non-hydrogen) atoms. The van der Waals surface area contributed by atoms with Crippen LogP contribution in [0.15, 0.2) is 42.5 Å². The number of rotatable bonds is 3. The van der Waals surface area contributed by atoms with E-state index in [0.29, 0.717) is 12.0 Å². The molecule has 2 fully saturated rings. The number of piperidine rings is 1. The van der Waals surface area contributed by atoms with E-state index >= 15 is 0 Å². The molecule has 1 amide bonds. The second kappa shape index (κ2) is 5.29. The summed E-state index contributed by atoms with van der Waals surface area (Å²) in [7, 11) is 1.96. The zero-order valence-corrected chi connectivity index (χ0v) is 12.8.